The minimum atomic E-state index is 0.142. The Balaban J connectivity index is 2.48. The lowest BCUT2D eigenvalue weighted by atomic mass is 10.0. The van der Waals surface area contributed by atoms with Crippen molar-refractivity contribution in [1.82, 2.24) is 19.8 Å². The summed E-state index contributed by atoms with van der Waals surface area (Å²) < 4.78 is 2.17. The van der Waals surface area contributed by atoms with Crippen LogP contribution in [-0.2, 0) is 13.1 Å². The minimum absolute atomic E-state index is 0.142. The molecule has 1 aromatic heterocycles. The van der Waals surface area contributed by atoms with Crippen molar-refractivity contribution in [2.45, 2.75) is 46.3 Å². The summed E-state index contributed by atoms with van der Waals surface area (Å²) in [4.78, 5) is 6.68. The fourth-order valence-corrected chi connectivity index (χ4v) is 1.66. The molecular weight excluding hydrogens is 224 g/mol. The van der Waals surface area contributed by atoms with Gasteiger partial charge in [0.05, 0.1) is 12.0 Å². The molecule has 0 atom stereocenters. The van der Waals surface area contributed by atoms with Crippen molar-refractivity contribution in [2.24, 2.45) is 5.92 Å². The Hall–Kier alpha value is -0.870. The first-order valence-electron chi connectivity index (χ1n) is 6.70. The topological polar surface area (TPSA) is 33.1 Å². The van der Waals surface area contributed by atoms with Crippen molar-refractivity contribution in [3.05, 3.63) is 18.2 Å². The molecule has 1 N–H and O–H groups in total. The molecule has 0 unspecified atom stereocenters. The SMILES string of the molecule is CC(C)CNCc1cn(CC(C)(C)N(C)C)cn1. The van der Waals surface area contributed by atoms with E-state index in [4.69, 9.17) is 0 Å². The van der Waals surface area contributed by atoms with Crippen LogP contribution in [0.4, 0.5) is 0 Å². The summed E-state index contributed by atoms with van der Waals surface area (Å²) in [6.45, 7) is 11.8. The number of nitrogens with zero attached hydrogens (tertiary/aromatic N) is 3. The molecule has 0 aliphatic heterocycles. The smallest absolute Gasteiger partial charge is 0.0950 e. The van der Waals surface area contributed by atoms with Gasteiger partial charge in [0.15, 0.2) is 0 Å². The van der Waals surface area contributed by atoms with Gasteiger partial charge in [-0.1, -0.05) is 13.8 Å². The van der Waals surface area contributed by atoms with Gasteiger partial charge in [-0.2, -0.15) is 0 Å². The van der Waals surface area contributed by atoms with Crippen molar-refractivity contribution in [1.29, 1.82) is 0 Å². The van der Waals surface area contributed by atoms with Crippen LogP contribution >= 0.6 is 0 Å². The summed E-state index contributed by atoms with van der Waals surface area (Å²) in [5.74, 6) is 0.680. The maximum absolute atomic E-state index is 4.44. The zero-order chi connectivity index (χ0) is 13.8. The summed E-state index contributed by atoms with van der Waals surface area (Å²) in [6.07, 6.45) is 4.07. The largest absolute Gasteiger partial charge is 0.335 e. The molecule has 18 heavy (non-hydrogen) atoms. The van der Waals surface area contributed by atoms with Gasteiger partial charge in [-0.25, -0.2) is 4.98 Å². The third kappa shape index (κ3) is 4.78. The standard InChI is InChI=1S/C14H28N4/c1-12(2)7-15-8-13-9-18(11-16-13)10-14(3,4)17(5)6/h9,11-12,15H,7-8,10H2,1-6H3. The second-order valence-corrected chi connectivity index (χ2v) is 6.27. The van der Waals surface area contributed by atoms with Gasteiger partial charge >= 0.3 is 0 Å². The molecule has 0 spiro atoms. The molecule has 0 aliphatic carbocycles. The molecule has 0 bridgehead atoms. The highest BCUT2D eigenvalue weighted by Gasteiger charge is 2.20. The number of nitrogens with one attached hydrogen (secondary N) is 1. The summed E-state index contributed by atoms with van der Waals surface area (Å²) in [6, 6.07) is 0. The second-order valence-electron chi connectivity index (χ2n) is 6.27. The number of aromatic nitrogens is 2. The predicted molar refractivity (Wildman–Crippen MR) is 76.5 cm³/mol. The highest BCUT2D eigenvalue weighted by atomic mass is 15.2. The molecule has 4 nitrogen and oxygen atoms in total. The number of hydrogen-bond donors (Lipinski definition) is 1. The first-order valence-corrected chi connectivity index (χ1v) is 6.70. The minimum Gasteiger partial charge on any atom is -0.335 e. The Kier molecular flexibility index (Phi) is 5.35. The molecule has 0 fully saturated rings. The molecule has 0 aromatic carbocycles. The Morgan fingerprint density at radius 3 is 2.61 bits per heavy atom. The van der Waals surface area contributed by atoms with Crippen LogP contribution in [-0.4, -0.2) is 40.6 Å². The van der Waals surface area contributed by atoms with Gasteiger partial charge in [-0.05, 0) is 40.4 Å². The van der Waals surface area contributed by atoms with Crippen molar-refractivity contribution in [2.75, 3.05) is 20.6 Å². The number of imidazole rings is 1. The van der Waals surface area contributed by atoms with Gasteiger partial charge in [-0.3, -0.25) is 0 Å². The zero-order valence-electron chi connectivity index (χ0n) is 12.7. The molecular formula is C14H28N4. The maximum atomic E-state index is 4.44. The molecule has 4 heteroatoms. The lowest BCUT2D eigenvalue weighted by Gasteiger charge is -2.32. The van der Waals surface area contributed by atoms with Crippen LogP contribution in [0.1, 0.15) is 33.4 Å². The van der Waals surface area contributed by atoms with E-state index in [2.05, 4.69) is 67.8 Å². The molecule has 0 aliphatic rings. The van der Waals surface area contributed by atoms with Crippen molar-refractivity contribution >= 4 is 0 Å². The lowest BCUT2D eigenvalue weighted by Crippen LogP contribution is -2.41. The first kappa shape index (κ1) is 15.2. The fraction of sp³-hybridized carbons (Fsp3) is 0.786. The lowest BCUT2D eigenvalue weighted by molar-refractivity contribution is 0.169. The van der Waals surface area contributed by atoms with Crippen molar-refractivity contribution in [3.8, 4) is 0 Å². The molecule has 104 valence electrons. The van der Waals surface area contributed by atoms with E-state index in [9.17, 15) is 0 Å². The van der Waals surface area contributed by atoms with Gasteiger partial charge < -0.3 is 14.8 Å². The van der Waals surface area contributed by atoms with E-state index in [0.717, 1.165) is 25.3 Å². The van der Waals surface area contributed by atoms with E-state index in [-0.39, 0.29) is 5.54 Å². The monoisotopic (exact) mass is 252 g/mol. The highest BCUT2D eigenvalue weighted by Crippen LogP contribution is 2.13. The van der Waals surface area contributed by atoms with Gasteiger partial charge in [-0.15, -0.1) is 0 Å². The van der Waals surface area contributed by atoms with Crippen molar-refractivity contribution < 1.29 is 0 Å². The molecule has 0 amide bonds. The molecule has 0 saturated heterocycles. The predicted octanol–water partition coefficient (Wildman–Crippen LogP) is 1.97. The third-order valence-electron chi connectivity index (χ3n) is 3.33. The molecule has 1 rings (SSSR count). The van der Waals surface area contributed by atoms with Crippen LogP contribution in [0, 0.1) is 5.92 Å². The van der Waals surface area contributed by atoms with Crippen LogP contribution in [0.25, 0.3) is 0 Å². The van der Waals surface area contributed by atoms with E-state index in [0.29, 0.717) is 5.92 Å². The number of likely N-dealkylation sites (N-methyl/N-ethyl adjacent to an activating group) is 1. The Bertz CT molecular complexity index is 352. The highest BCUT2D eigenvalue weighted by molar-refractivity contribution is 4.97. The first-order chi connectivity index (χ1) is 8.31. The molecule has 0 radical (unpaired) electrons. The zero-order valence-corrected chi connectivity index (χ0v) is 12.7. The molecule has 1 aromatic rings. The third-order valence-corrected chi connectivity index (χ3v) is 3.33. The van der Waals surface area contributed by atoms with E-state index in [1.54, 1.807) is 0 Å². The molecule has 1 heterocycles. The van der Waals surface area contributed by atoms with Crippen LogP contribution < -0.4 is 5.32 Å². The quantitative estimate of drug-likeness (QED) is 0.805. The Labute approximate surface area is 111 Å². The van der Waals surface area contributed by atoms with Crippen LogP contribution in [0.5, 0.6) is 0 Å². The second kappa shape index (κ2) is 6.34. The van der Waals surface area contributed by atoms with Crippen LogP contribution in [0.2, 0.25) is 0 Å². The van der Waals surface area contributed by atoms with E-state index >= 15 is 0 Å². The summed E-state index contributed by atoms with van der Waals surface area (Å²) in [7, 11) is 4.23. The maximum Gasteiger partial charge on any atom is 0.0950 e. The number of rotatable bonds is 7. The van der Waals surface area contributed by atoms with Gasteiger partial charge in [0.25, 0.3) is 0 Å². The Morgan fingerprint density at radius 1 is 1.39 bits per heavy atom. The van der Waals surface area contributed by atoms with E-state index in [1.165, 1.54) is 0 Å². The van der Waals surface area contributed by atoms with Crippen LogP contribution in [0.3, 0.4) is 0 Å². The average molecular weight is 252 g/mol. The summed E-state index contributed by atoms with van der Waals surface area (Å²) >= 11 is 0. The average Bonchev–Trinajstić information content (AvgIpc) is 2.64. The Morgan fingerprint density at radius 2 is 2.06 bits per heavy atom. The number of hydrogen-bond acceptors (Lipinski definition) is 3. The summed E-state index contributed by atoms with van der Waals surface area (Å²) in [5, 5.41) is 3.41. The van der Waals surface area contributed by atoms with Crippen LogP contribution in [0.15, 0.2) is 12.5 Å². The van der Waals surface area contributed by atoms with Gasteiger partial charge in [0.2, 0.25) is 0 Å². The van der Waals surface area contributed by atoms with E-state index in [1.807, 2.05) is 6.33 Å². The summed E-state index contributed by atoms with van der Waals surface area (Å²) in [5.41, 5.74) is 1.26. The van der Waals surface area contributed by atoms with Gasteiger partial charge in [0.1, 0.15) is 0 Å². The normalized spacial score (nSPS) is 12.7. The van der Waals surface area contributed by atoms with E-state index < -0.39 is 0 Å². The van der Waals surface area contributed by atoms with Crippen molar-refractivity contribution in [3.63, 3.8) is 0 Å². The van der Waals surface area contributed by atoms with Gasteiger partial charge in [0, 0.05) is 24.8 Å². The molecule has 0 saturated carbocycles. The fourth-order valence-electron chi connectivity index (χ4n) is 1.66.